The van der Waals surface area contributed by atoms with Crippen molar-refractivity contribution in [2.45, 2.75) is 141 Å². The number of hydrogen-bond acceptors (Lipinski definition) is 2. The minimum Gasteiger partial charge on any atom is -0.396 e. The van der Waals surface area contributed by atoms with Gasteiger partial charge in [0.15, 0.2) is 0 Å². The van der Waals surface area contributed by atoms with Crippen LogP contribution in [-0.4, -0.2) is 23.4 Å². The summed E-state index contributed by atoms with van der Waals surface area (Å²) in [6.07, 6.45) is 8.45. The highest BCUT2D eigenvalue weighted by atomic mass is 16.3. The van der Waals surface area contributed by atoms with E-state index in [1.165, 1.54) is 16.7 Å². The molecular formula is C43H72O2. The SMILES string of the molecule is C/C(=C\CC(C)(C)C(C)(C)C(CC(C)(C)CCCO)c1ccccc1)CC(C)(C)C(C)(C)C(C)(C)CCO.Cc1ccccc1. The Hall–Kier alpha value is -1.90. The number of allylic oxidation sites excluding steroid dienone is 2. The van der Waals surface area contributed by atoms with Crippen LogP contribution >= 0.6 is 0 Å². The van der Waals surface area contributed by atoms with E-state index in [-0.39, 0.29) is 45.7 Å². The summed E-state index contributed by atoms with van der Waals surface area (Å²) in [5, 5.41) is 19.2. The minimum atomic E-state index is 0.0541. The van der Waals surface area contributed by atoms with Crippen molar-refractivity contribution in [1.29, 1.82) is 0 Å². The van der Waals surface area contributed by atoms with Gasteiger partial charge in [-0.1, -0.05) is 161 Å². The van der Waals surface area contributed by atoms with E-state index in [4.69, 9.17) is 0 Å². The highest BCUT2D eigenvalue weighted by Crippen LogP contribution is 2.57. The molecule has 0 heterocycles. The van der Waals surface area contributed by atoms with Crippen LogP contribution in [-0.2, 0) is 0 Å². The fraction of sp³-hybridized carbons (Fsp3) is 0.674. The molecule has 2 aromatic carbocycles. The Morgan fingerprint density at radius 1 is 0.667 bits per heavy atom. The molecule has 0 fully saturated rings. The maximum absolute atomic E-state index is 9.68. The van der Waals surface area contributed by atoms with Gasteiger partial charge in [-0.3, -0.25) is 0 Å². The monoisotopic (exact) mass is 621 g/mol. The second kappa shape index (κ2) is 16.8. The lowest BCUT2D eigenvalue weighted by atomic mass is 9.52. The zero-order valence-electron chi connectivity index (χ0n) is 32.0. The van der Waals surface area contributed by atoms with Crippen molar-refractivity contribution >= 4 is 0 Å². The molecule has 0 aliphatic carbocycles. The summed E-state index contributed by atoms with van der Waals surface area (Å²) < 4.78 is 0. The number of hydrogen-bond donors (Lipinski definition) is 2. The van der Waals surface area contributed by atoms with E-state index in [1.54, 1.807) is 0 Å². The first kappa shape index (κ1) is 41.1. The lowest BCUT2D eigenvalue weighted by molar-refractivity contribution is -0.0329. The zero-order valence-corrected chi connectivity index (χ0v) is 32.0. The molecule has 1 unspecified atom stereocenters. The third-order valence-electron chi connectivity index (χ3n) is 12.3. The van der Waals surface area contributed by atoms with Gasteiger partial charge in [-0.05, 0) is 96.3 Å². The molecule has 0 amide bonds. The van der Waals surface area contributed by atoms with Crippen LogP contribution in [0.1, 0.15) is 146 Å². The number of aliphatic hydroxyl groups is 2. The largest absolute Gasteiger partial charge is 0.396 e. The summed E-state index contributed by atoms with van der Waals surface area (Å²) in [5.74, 6) is 0.427. The van der Waals surface area contributed by atoms with Crippen molar-refractivity contribution in [1.82, 2.24) is 0 Å². The summed E-state index contributed by atoms with van der Waals surface area (Å²) in [6, 6.07) is 21.4. The average Bonchev–Trinajstić information content (AvgIpc) is 2.94. The lowest BCUT2D eigenvalue weighted by Crippen LogP contribution is -2.45. The first-order chi connectivity index (χ1) is 20.6. The second-order valence-corrected chi connectivity index (χ2v) is 17.7. The van der Waals surface area contributed by atoms with Crippen LogP contribution in [0.15, 0.2) is 72.3 Å². The third kappa shape index (κ3) is 11.7. The van der Waals surface area contributed by atoms with E-state index in [0.717, 1.165) is 38.5 Å². The van der Waals surface area contributed by atoms with Crippen LogP contribution < -0.4 is 0 Å². The number of aryl methyl sites for hydroxylation is 1. The number of aliphatic hydroxyl groups excluding tert-OH is 2. The summed E-state index contributed by atoms with van der Waals surface area (Å²) in [7, 11) is 0. The lowest BCUT2D eigenvalue weighted by Gasteiger charge is -2.53. The molecule has 1 atom stereocenters. The Bertz CT molecular complexity index is 1130. The number of rotatable bonds is 16. The van der Waals surface area contributed by atoms with Gasteiger partial charge >= 0.3 is 0 Å². The van der Waals surface area contributed by atoms with Gasteiger partial charge in [0.25, 0.3) is 0 Å². The van der Waals surface area contributed by atoms with Gasteiger partial charge in [-0.25, -0.2) is 0 Å². The van der Waals surface area contributed by atoms with Crippen molar-refractivity contribution in [3.05, 3.63) is 83.4 Å². The predicted octanol–water partition coefficient (Wildman–Crippen LogP) is 12.2. The van der Waals surface area contributed by atoms with Gasteiger partial charge in [-0.15, -0.1) is 0 Å². The van der Waals surface area contributed by atoms with E-state index in [9.17, 15) is 10.2 Å². The van der Waals surface area contributed by atoms with Crippen LogP contribution in [0.25, 0.3) is 0 Å². The molecule has 2 N–H and O–H groups in total. The van der Waals surface area contributed by atoms with E-state index in [0.29, 0.717) is 5.92 Å². The highest BCUT2D eigenvalue weighted by Gasteiger charge is 2.48. The smallest absolute Gasteiger partial charge is 0.0436 e. The molecule has 0 saturated carbocycles. The van der Waals surface area contributed by atoms with Crippen molar-refractivity contribution in [3.63, 3.8) is 0 Å². The van der Waals surface area contributed by atoms with Crippen LogP contribution in [0.5, 0.6) is 0 Å². The van der Waals surface area contributed by atoms with Gasteiger partial charge in [0.1, 0.15) is 0 Å². The predicted molar refractivity (Wildman–Crippen MR) is 199 cm³/mol. The number of benzene rings is 2. The molecular weight excluding hydrogens is 548 g/mol. The molecule has 2 aromatic rings. The topological polar surface area (TPSA) is 40.5 Å². The highest BCUT2D eigenvalue weighted by molar-refractivity contribution is 5.24. The molecule has 0 bridgehead atoms. The Labute approximate surface area is 280 Å². The molecule has 2 heteroatoms. The Balaban J connectivity index is 0.00000126. The van der Waals surface area contributed by atoms with Crippen LogP contribution in [0, 0.1) is 39.4 Å². The summed E-state index contributed by atoms with van der Waals surface area (Å²) >= 11 is 0. The van der Waals surface area contributed by atoms with Crippen LogP contribution in [0.2, 0.25) is 0 Å². The Morgan fingerprint density at radius 3 is 1.62 bits per heavy atom. The summed E-state index contributed by atoms with van der Waals surface area (Å²) in [6.45, 7) is 33.7. The maximum atomic E-state index is 9.68. The second-order valence-electron chi connectivity index (χ2n) is 17.7. The fourth-order valence-electron chi connectivity index (χ4n) is 6.88. The van der Waals surface area contributed by atoms with Crippen LogP contribution in [0.3, 0.4) is 0 Å². The van der Waals surface area contributed by atoms with Crippen molar-refractivity contribution in [2.75, 3.05) is 13.2 Å². The minimum absolute atomic E-state index is 0.0541. The van der Waals surface area contributed by atoms with E-state index < -0.39 is 0 Å². The molecule has 0 aliphatic rings. The molecule has 0 aliphatic heterocycles. The fourth-order valence-corrected chi connectivity index (χ4v) is 6.88. The normalized spacial score (nSPS) is 14.5. The molecule has 0 saturated heterocycles. The van der Waals surface area contributed by atoms with E-state index in [2.05, 4.69) is 145 Å². The molecule has 2 nitrogen and oxygen atoms in total. The standard InChI is InChI=1S/C36H64O2.C7H8/c1-28(26-34(8,9)36(12,13)33(6,7)23-25-38)20-22-32(4,5)35(10,11)30(29-18-15-14-16-19-29)27-31(2,3)21-17-24-37;1-7-5-3-2-4-6-7/h14-16,18-20,30,37-38H,17,21-27H2,1-13H3;2-6H,1H3/b28-20+;. The first-order valence-corrected chi connectivity index (χ1v) is 17.5. The molecule has 2 rings (SSSR count). The third-order valence-corrected chi connectivity index (χ3v) is 12.3. The Kier molecular flexibility index (Phi) is 15.3. The summed E-state index contributed by atoms with van der Waals surface area (Å²) in [5.41, 5.74) is 4.78. The molecule has 45 heavy (non-hydrogen) atoms. The Morgan fingerprint density at radius 2 is 1.18 bits per heavy atom. The van der Waals surface area contributed by atoms with Crippen molar-refractivity contribution in [3.8, 4) is 0 Å². The van der Waals surface area contributed by atoms with Crippen molar-refractivity contribution in [2.24, 2.45) is 32.5 Å². The average molecular weight is 621 g/mol. The van der Waals surface area contributed by atoms with Crippen molar-refractivity contribution < 1.29 is 10.2 Å². The quantitative estimate of drug-likeness (QED) is 0.183. The first-order valence-electron chi connectivity index (χ1n) is 17.5. The molecule has 0 radical (unpaired) electrons. The van der Waals surface area contributed by atoms with Gasteiger partial charge in [0, 0.05) is 13.2 Å². The van der Waals surface area contributed by atoms with Gasteiger partial charge in [0.05, 0.1) is 0 Å². The molecule has 256 valence electrons. The molecule has 0 aromatic heterocycles. The van der Waals surface area contributed by atoms with Gasteiger partial charge in [0.2, 0.25) is 0 Å². The van der Waals surface area contributed by atoms with Crippen LogP contribution in [0.4, 0.5) is 0 Å². The van der Waals surface area contributed by atoms with Gasteiger partial charge < -0.3 is 10.2 Å². The van der Waals surface area contributed by atoms with E-state index >= 15 is 0 Å². The summed E-state index contributed by atoms with van der Waals surface area (Å²) in [4.78, 5) is 0. The zero-order chi connectivity index (χ0) is 34.7. The maximum Gasteiger partial charge on any atom is 0.0436 e. The van der Waals surface area contributed by atoms with E-state index in [1.807, 2.05) is 18.2 Å². The molecule has 0 spiro atoms. The van der Waals surface area contributed by atoms with Gasteiger partial charge in [-0.2, -0.15) is 0 Å².